The van der Waals surface area contributed by atoms with Gasteiger partial charge in [-0.15, -0.1) is 0 Å². The van der Waals surface area contributed by atoms with Crippen LogP contribution >= 0.6 is 0 Å². The molecule has 0 aromatic carbocycles. The number of H-pyrrole nitrogens is 1. The van der Waals surface area contributed by atoms with Crippen molar-refractivity contribution in [3.05, 3.63) is 24.0 Å². The molecule has 54 valence electrons. The highest BCUT2D eigenvalue weighted by atomic mass is 16.3. The molecule has 0 saturated heterocycles. The van der Waals surface area contributed by atoms with Crippen LogP contribution in [0.4, 0.5) is 0 Å². The number of aromatic amines is 1. The molecule has 10 heavy (non-hydrogen) atoms. The predicted octanol–water partition coefficient (Wildman–Crippen LogP) is 1.46. The van der Waals surface area contributed by atoms with Crippen molar-refractivity contribution in [3.8, 4) is 0 Å². The molecule has 0 bridgehead atoms. The summed E-state index contributed by atoms with van der Waals surface area (Å²) in [5, 5.41) is 9.53. The molecule has 1 aliphatic rings. The van der Waals surface area contributed by atoms with E-state index in [1.165, 1.54) is 12.8 Å². The van der Waals surface area contributed by atoms with E-state index in [-0.39, 0.29) is 6.10 Å². The first-order chi connectivity index (χ1) is 4.88. The number of nitrogens with one attached hydrogen (secondary N) is 1. The lowest BCUT2D eigenvalue weighted by Gasteiger charge is -2.04. The van der Waals surface area contributed by atoms with E-state index in [0.29, 0.717) is 5.92 Å². The Bertz CT molecular complexity index is 201. The molecule has 0 spiro atoms. The smallest absolute Gasteiger partial charge is 0.0832 e. The van der Waals surface area contributed by atoms with Crippen molar-refractivity contribution in [3.63, 3.8) is 0 Å². The summed E-state index contributed by atoms with van der Waals surface area (Å²) in [6.45, 7) is 0. The topological polar surface area (TPSA) is 36.0 Å². The van der Waals surface area contributed by atoms with E-state index in [2.05, 4.69) is 4.98 Å². The van der Waals surface area contributed by atoms with Crippen LogP contribution in [0.2, 0.25) is 0 Å². The van der Waals surface area contributed by atoms with Gasteiger partial charge in [-0.1, -0.05) is 0 Å². The minimum absolute atomic E-state index is 0.216. The Kier molecular flexibility index (Phi) is 1.27. The summed E-state index contributed by atoms with van der Waals surface area (Å²) in [4.78, 5) is 2.93. The quantitative estimate of drug-likeness (QED) is 0.636. The molecular formula is C8H11NO. The highest BCUT2D eigenvalue weighted by molar-refractivity contribution is 5.14. The Labute approximate surface area is 59.9 Å². The molecule has 1 aliphatic carbocycles. The summed E-state index contributed by atoms with van der Waals surface area (Å²) in [6, 6.07) is 1.93. The number of rotatable bonds is 2. The average Bonchev–Trinajstić information content (AvgIpc) is 2.65. The van der Waals surface area contributed by atoms with Crippen molar-refractivity contribution in [1.82, 2.24) is 4.98 Å². The van der Waals surface area contributed by atoms with Crippen molar-refractivity contribution in [2.45, 2.75) is 18.9 Å². The largest absolute Gasteiger partial charge is 0.388 e. The summed E-state index contributed by atoms with van der Waals surface area (Å²) in [7, 11) is 0. The van der Waals surface area contributed by atoms with Crippen LogP contribution in [0.1, 0.15) is 24.5 Å². The first-order valence-electron chi connectivity index (χ1n) is 3.68. The van der Waals surface area contributed by atoms with Crippen LogP contribution < -0.4 is 0 Å². The normalized spacial score (nSPS) is 20.9. The number of aliphatic hydroxyl groups excluding tert-OH is 1. The van der Waals surface area contributed by atoms with Gasteiger partial charge in [0.15, 0.2) is 0 Å². The second-order valence-corrected chi connectivity index (χ2v) is 2.93. The van der Waals surface area contributed by atoms with Gasteiger partial charge in [-0.3, -0.25) is 0 Å². The van der Waals surface area contributed by atoms with Crippen molar-refractivity contribution in [1.29, 1.82) is 0 Å². The van der Waals surface area contributed by atoms with Crippen LogP contribution in [0.15, 0.2) is 18.5 Å². The highest BCUT2D eigenvalue weighted by Gasteiger charge is 2.30. The minimum Gasteiger partial charge on any atom is -0.388 e. The number of hydrogen-bond acceptors (Lipinski definition) is 1. The molecule has 0 radical (unpaired) electrons. The Morgan fingerprint density at radius 1 is 1.60 bits per heavy atom. The van der Waals surface area contributed by atoms with E-state index in [0.717, 1.165) is 5.56 Å². The zero-order valence-corrected chi connectivity index (χ0v) is 5.75. The maximum Gasteiger partial charge on any atom is 0.0832 e. The Hall–Kier alpha value is -0.760. The Morgan fingerprint density at radius 3 is 2.90 bits per heavy atom. The number of hydrogen-bond donors (Lipinski definition) is 2. The minimum atomic E-state index is -0.216. The van der Waals surface area contributed by atoms with E-state index in [1.54, 1.807) is 0 Å². The van der Waals surface area contributed by atoms with Gasteiger partial charge in [0.25, 0.3) is 0 Å². The monoisotopic (exact) mass is 137 g/mol. The third-order valence-electron chi connectivity index (χ3n) is 2.03. The van der Waals surface area contributed by atoms with E-state index in [9.17, 15) is 5.11 Å². The van der Waals surface area contributed by atoms with Gasteiger partial charge in [0.1, 0.15) is 0 Å². The number of aliphatic hydroxyl groups is 1. The van der Waals surface area contributed by atoms with Gasteiger partial charge in [-0.25, -0.2) is 0 Å². The first-order valence-corrected chi connectivity index (χ1v) is 3.68. The van der Waals surface area contributed by atoms with Gasteiger partial charge in [-0.2, -0.15) is 0 Å². The maximum atomic E-state index is 9.53. The molecule has 1 saturated carbocycles. The van der Waals surface area contributed by atoms with Crippen molar-refractivity contribution >= 4 is 0 Å². The molecule has 2 rings (SSSR count). The Morgan fingerprint density at radius 2 is 2.40 bits per heavy atom. The zero-order chi connectivity index (χ0) is 6.97. The fourth-order valence-electron chi connectivity index (χ4n) is 1.20. The lowest BCUT2D eigenvalue weighted by Crippen LogP contribution is -1.96. The van der Waals surface area contributed by atoms with E-state index >= 15 is 0 Å². The summed E-state index contributed by atoms with van der Waals surface area (Å²) >= 11 is 0. The molecular weight excluding hydrogens is 126 g/mol. The van der Waals surface area contributed by atoms with Gasteiger partial charge < -0.3 is 10.1 Å². The van der Waals surface area contributed by atoms with Gasteiger partial charge in [0.2, 0.25) is 0 Å². The fraction of sp³-hybridized carbons (Fsp3) is 0.500. The molecule has 2 nitrogen and oxygen atoms in total. The van der Waals surface area contributed by atoms with Gasteiger partial charge in [0, 0.05) is 12.4 Å². The van der Waals surface area contributed by atoms with E-state index in [4.69, 9.17) is 0 Å². The second kappa shape index (κ2) is 2.13. The molecule has 1 atom stereocenters. The molecule has 2 N–H and O–H groups in total. The van der Waals surface area contributed by atoms with Crippen LogP contribution in [0.5, 0.6) is 0 Å². The van der Waals surface area contributed by atoms with Gasteiger partial charge >= 0.3 is 0 Å². The van der Waals surface area contributed by atoms with Crippen molar-refractivity contribution in [2.75, 3.05) is 0 Å². The molecule has 0 aliphatic heterocycles. The van der Waals surface area contributed by atoms with E-state index in [1.807, 2.05) is 18.5 Å². The van der Waals surface area contributed by atoms with Gasteiger partial charge in [0.05, 0.1) is 6.10 Å². The van der Waals surface area contributed by atoms with Crippen LogP contribution in [-0.4, -0.2) is 10.1 Å². The van der Waals surface area contributed by atoms with E-state index < -0.39 is 0 Å². The van der Waals surface area contributed by atoms with Crippen LogP contribution in [0.3, 0.4) is 0 Å². The van der Waals surface area contributed by atoms with Crippen molar-refractivity contribution in [2.24, 2.45) is 5.92 Å². The third-order valence-corrected chi connectivity index (χ3v) is 2.03. The lowest BCUT2D eigenvalue weighted by molar-refractivity contribution is 0.154. The highest BCUT2D eigenvalue weighted by Crippen LogP contribution is 2.40. The first kappa shape index (κ1) is 5.98. The molecule has 1 fully saturated rings. The second-order valence-electron chi connectivity index (χ2n) is 2.93. The maximum absolute atomic E-state index is 9.53. The molecule has 1 unspecified atom stereocenters. The molecule has 1 aromatic heterocycles. The summed E-state index contributed by atoms with van der Waals surface area (Å²) in [5.41, 5.74) is 1.03. The summed E-state index contributed by atoms with van der Waals surface area (Å²) in [5.74, 6) is 0.538. The standard InChI is InChI=1S/C8H11NO/c10-8(6-1-2-6)7-3-4-9-5-7/h3-6,8-10H,1-2H2. The van der Waals surface area contributed by atoms with Crippen LogP contribution in [0.25, 0.3) is 0 Å². The molecule has 1 heterocycles. The molecule has 1 aromatic rings. The van der Waals surface area contributed by atoms with Crippen LogP contribution in [0, 0.1) is 5.92 Å². The van der Waals surface area contributed by atoms with Gasteiger partial charge in [-0.05, 0) is 30.4 Å². The molecule has 2 heteroatoms. The fourth-order valence-corrected chi connectivity index (χ4v) is 1.20. The Balaban J connectivity index is 2.11. The zero-order valence-electron chi connectivity index (χ0n) is 5.75. The predicted molar refractivity (Wildman–Crippen MR) is 38.5 cm³/mol. The van der Waals surface area contributed by atoms with Crippen molar-refractivity contribution < 1.29 is 5.11 Å². The molecule has 0 amide bonds. The lowest BCUT2D eigenvalue weighted by atomic mass is 10.1. The number of aromatic nitrogens is 1. The summed E-state index contributed by atoms with van der Waals surface area (Å²) < 4.78 is 0. The summed E-state index contributed by atoms with van der Waals surface area (Å²) in [6.07, 6.45) is 5.87. The average molecular weight is 137 g/mol. The SMILES string of the molecule is OC(c1cc[nH]c1)C1CC1. The third kappa shape index (κ3) is 0.948. The van der Waals surface area contributed by atoms with Crippen LogP contribution in [-0.2, 0) is 0 Å².